The van der Waals surface area contributed by atoms with Gasteiger partial charge in [-0.05, 0) is 49.9 Å². The van der Waals surface area contributed by atoms with Gasteiger partial charge < -0.3 is 14.9 Å². The molecule has 0 radical (unpaired) electrons. The minimum atomic E-state index is -0.261. The SMILES string of the molecule is Cn1cc(-c2cc(SC3(C#N)CC3)ccc2NC2CCCCC2)c2cc[nH]c2c1=O. The Labute approximate surface area is 180 Å². The second kappa shape index (κ2) is 7.55. The molecule has 0 aliphatic heterocycles. The van der Waals surface area contributed by atoms with Crippen LogP contribution in [-0.4, -0.2) is 20.3 Å². The molecule has 154 valence electrons. The van der Waals surface area contributed by atoms with E-state index in [1.165, 1.54) is 32.1 Å². The summed E-state index contributed by atoms with van der Waals surface area (Å²) in [6.45, 7) is 0. The number of nitrogens with one attached hydrogen (secondary N) is 2. The molecule has 2 saturated carbocycles. The zero-order valence-electron chi connectivity index (χ0n) is 17.2. The Morgan fingerprint density at radius 2 is 2.00 bits per heavy atom. The molecular weight excluding hydrogens is 392 g/mol. The van der Waals surface area contributed by atoms with E-state index in [-0.39, 0.29) is 10.3 Å². The standard InChI is InChI=1S/C24H26N4OS/c1-28-14-20(18-9-12-26-22(18)23(28)29)19-13-17(30-24(15-25)10-11-24)7-8-21(19)27-16-5-3-2-4-6-16/h7-9,12-14,16,26-27H,2-6,10-11H2,1H3. The molecule has 2 aliphatic carbocycles. The molecule has 3 aromatic rings. The van der Waals surface area contributed by atoms with Gasteiger partial charge in [0.25, 0.3) is 5.56 Å². The maximum Gasteiger partial charge on any atom is 0.274 e. The van der Waals surface area contributed by atoms with Gasteiger partial charge in [-0.3, -0.25) is 4.79 Å². The Morgan fingerprint density at radius 1 is 1.20 bits per heavy atom. The number of hydrogen-bond donors (Lipinski definition) is 2. The second-order valence-corrected chi connectivity index (χ2v) is 10.1. The van der Waals surface area contributed by atoms with Crippen molar-refractivity contribution in [2.75, 3.05) is 5.32 Å². The lowest BCUT2D eigenvalue weighted by molar-refractivity contribution is 0.463. The number of nitriles is 1. The van der Waals surface area contributed by atoms with Crippen molar-refractivity contribution < 1.29 is 0 Å². The van der Waals surface area contributed by atoms with Crippen molar-refractivity contribution >= 4 is 28.4 Å². The summed E-state index contributed by atoms with van der Waals surface area (Å²) in [5, 5.41) is 14.3. The Morgan fingerprint density at radius 3 is 2.73 bits per heavy atom. The number of nitrogens with zero attached hydrogens (tertiary/aromatic N) is 2. The lowest BCUT2D eigenvalue weighted by atomic mass is 9.94. The van der Waals surface area contributed by atoms with E-state index in [0.29, 0.717) is 11.6 Å². The van der Waals surface area contributed by atoms with Gasteiger partial charge in [0.1, 0.15) is 10.3 Å². The third-order valence-electron chi connectivity index (χ3n) is 6.36. The maximum absolute atomic E-state index is 12.6. The third kappa shape index (κ3) is 3.52. The van der Waals surface area contributed by atoms with Crippen LogP contribution in [-0.2, 0) is 7.05 Å². The first-order valence-corrected chi connectivity index (χ1v) is 11.6. The van der Waals surface area contributed by atoms with Crippen LogP contribution in [0.5, 0.6) is 0 Å². The highest BCUT2D eigenvalue weighted by Gasteiger charge is 2.44. The van der Waals surface area contributed by atoms with Crippen molar-refractivity contribution in [3.05, 3.63) is 47.0 Å². The summed E-state index contributed by atoms with van der Waals surface area (Å²) in [6, 6.07) is 11.4. The molecule has 2 heterocycles. The molecule has 5 nitrogen and oxygen atoms in total. The summed E-state index contributed by atoms with van der Waals surface area (Å²) in [6.07, 6.45) is 11.9. The lowest BCUT2D eigenvalue weighted by Crippen LogP contribution is -2.22. The molecule has 2 aliphatic rings. The van der Waals surface area contributed by atoms with Gasteiger partial charge in [-0.15, -0.1) is 11.8 Å². The van der Waals surface area contributed by atoms with Crippen LogP contribution < -0.4 is 10.9 Å². The van der Waals surface area contributed by atoms with Gasteiger partial charge in [0, 0.05) is 52.6 Å². The molecule has 1 aromatic carbocycles. The predicted octanol–water partition coefficient (Wildman–Crippen LogP) is 5.43. The van der Waals surface area contributed by atoms with E-state index in [2.05, 4.69) is 34.6 Å². The van der Waals surface area contributed by atoms with Gasteiger partial charge in [0.2, 0.25) is 0 Å². The molecular formula is C24H26N4OS. The number of thioether (sulfide) groups is 1. The highest BCUT2D eigenvalue weighted by atomic mass is 32.2. The predicted molar refractivity (Wildman–Crippen MR) is 123 cm³/mol. The number of aromatic nitrogens is 2. The molecule has 0 unspecified atom stereocenters. The number of aryl methyl sites for hydroxylation is 1. The first kappa shape index (κ1) is 19.3. The van der Waals surface area contributed by atoms with Gasteiger partial charge in [0.15, 0.2) is 0 Å². The second-order valence-electron chi connectivity index (χ2n) is 8.62. The van der Waals surface area contributed by atoms with Crippen molar-refractivity contribution in [3.63, 3.8) is 0 Å². The molecule has 30 heavy (non-hydrogen) atoms. The summed E-state index contributed by atoms with van der Waals surface area (Å²) < 4.78 is 1.39. The number of pyridine rings is 1. The van der Waals surface area contributed by atoms with Crippen molar-refractivity contribution in [2.45, 2.75) is 60.6 Å². The largest absolute Gasteiger partial charge is 0.382 e. The fraction of sp³-hybridized carbons (Fsp3) is 0.417. The average Bonchev–Trinajstić information content (AvgIpc) is 3.36. The van der Waals surface area contributed by atoms with Crippen LogP contribution in [0.1, 0.15) is 44.9 Å². The van der Waals surface area contributed by atoms with E-state index in [4.69, 9.17) is 0 Å². The summed E-state index contributed by atoms with van der Waals surface area (Å²) in [7, 11) is 1.80. The molecule has 2 fully saturated rings. The Bertz CT molecular complexity index is 1190. The highest BCUT2D eigenvalue weighted by molar-refractivity contribution is 8.01. The van der Waals surface area contributed by atoms with Crippen LogP contribution in [0.15, 0.2) is 46.3 Å². The molecule has 0 amide bonds. The van der Waals surface area contributed by atoms with E-state index >= 15 is 0 Å². The number of rotatable bonds is 5. The molecule has 0 bridgehead atoms. The number of benzene rings is 1. The zero-order valence-corrected chi connectivity index (χ0v) is 18.0. The minimum Gasteiger partial charge on any atom is -0.382 e. The Balaban J connectivity index is 1.62. The molecule has 2 N–H and O–H groups in total. The van der Waals surface area contributed by atoms with Crippen LogP contribution >= 0.6 is 11.8 Å². The molecule has 5 rings (SSSR count). The zero-order chi connectivity index (χ0) is 20.7. The maximum atomic E-state index is 12.6. The minimum absolute atomic E-state index is 0.0208. The van der Waals surface area contributed by atoms with Gasteiger partial charge in [-0.2, -0.15) is 5.26 Å². The molecule has 0 saturated heterocycles. The van der Waals surface area contributed by atoms with Gasteiger partial charge in [0.05, 0.1) is 6.07 Å². The average molecular weight is 419 g/mol. The van der Waals surface area contributed by atoms with Gasteiger partial charge in [-0.1, -0.05) is 19.3 Å². The Hall–Kier alpha value is -2.65. The van der Waals surface area contributed by atoms with Crippen molar-refractivity contribution in [1.29, 1.82) is 5.26 Å². The first-order valence-electron chi connectivity index (χ1n) is 10.8. The fourth-order valence-corrected chi connectivity index (χ4v) is 5.58. The molecule has 0 atom stereocenters. The summed E-state index contributed by atoms with van der Waals surface area (Å²) >= 11 is 1.67. The number of fused-ring (bicyclic) bond motifs is 1. The highest BCUT2D eigenvalue weighted by Crippen LogP contribution is 2.52. The Kier molecular flexibility index (Phi) is 4.86. The third-order valence-corrected chi connectivity index (χ3v) is 7.74. The normalized spacial score (nSPS) is 18.3. The summed E-state index contributed by atoms with van der Waals surface area (Å²) in [5.41, 5.74) is 3.85. The van der Waals surface area contributed by atoms with Crippen molar-refractivity contribution in [2.24, 2.45) is 7.05 Å². The van der Waals surface area contributed by atoms with Gasteiger partial charge in [-0.25, -0.2) is 0 Å². The van der Waals surface area contributed by atoms with Crippen LogP contribution in [0.4, 0.5) is 5.69 Å². The van der Waals surface area contributed by atoms with Gasteiger partial charge >= 0.3 is 0 Å². The first-order chi connectivity index (χ1) is 14.6. The number of hydrogen-bond acceptors (Lipinski definition) is 4. The van der Waals surface area contributed by atoms with E-state index in [0.717, 1.165) is 39.9 Å². The lowest BCUT2D eigenvalue weighted by Gasteiger charge is -2.26. The van der Waals surface area contributed by atoms with E-state index in [9.17, 15) is 10.1 Å². The quantitative estimate of drug-likeness (QED) is 0.580. The summed E-state index contributed by atoms with van der Waals surface area (Å²) in [5.74, 6) is 0. The molecule has 0 spiro atoms. The van der Waals surface area contributed by atoms with Crippen LogP contribution in [0.25, 0.3) is 22.0 Å². The molecule has 2 aromatic heterocycles. The number of H-pyrrole nitrogens is 1. The van der Waals surface area contributed by atoms with E-state index in [1.807, 2.05) is 18.5 Å². The smallest absolute Gasteiger partial charge is 0.274 e. The van der Waals surface area contributed by atoms with E-state index < -0.39 is 0 Å². The van der Waals surface area contributed by atoms with E-state index in [1.54, 1.807) is 23.4 Å². The topological polar surface area (TPSA) is 73.6 Å². The summed E-state index contributed by atoms with van der Waals surface area (Å²) in [4.78, 5) is 16.8. The van der Waals surface area contributed by atoms with Crippen LogP contribution in [0, 0.1) is 11.3 Å². The fourth-order valence-electron chi connectivity index (χ4n) is 4.46. The van der Waals surface area contributed by atoms with Crippen LogP contribution in [0.3, 0.4) is 0 Å². The number of aromatic amines is 1. The monoisotopic (exact) mass is 418 g/mol. The van der Waals surface area contributed by atoms with Crippen molar-refractivity contribution in [3.8, 4) is 17.2 Å². The molecule has 6 heteroatoms. The van der Waals surface area contributed by atoms with Crippen LogP contribution in [0.2, 0.25) is 0 Å². The number of anilines is 1. The van der Waals surface area contributed by atoms with Crippen molar-refractivity contribution in [1.82, 2.24) is 9.55 Å².